The molecule has 4 aromatic carbocycles. The first kappa shape index (κ1) is 23.6. The van der Waals surface area contributed by atoms with Crippen LogP contribution in [0.4, 0.5) is 0 Å². The smallest absolute Gasteiger partial charge is 0.248 e. The molecule has 0 aliphatic carbocycles. The fourth-order valence-corrected chi connectivity index (χ4v) is 6.20. The molecule has 7 nitrogen and oxygen atoms in total. The minimum atomic E-state index is 0.480. The summed E-state index contributed by atoms with van der Waals surface area (Å²) in [7, 11) is 0. The van der Waals surface area contributed by atoms with Gasteiger partial charge in [0.1, 0.15) is 0 Å². The van der Waals surface area contributed by atoms with E-state index in [-0.39, 0.29) is 0 Å². The first-order chi connectivity index (χ1) is 21.3. The van der Waals surface area contributed by atoms with Crippen LogP contribution < -0.4 is 0 Å². The van der Waals surface area contributed by atoms with E-state index in [1.165, 1.54) is 0 Å². The van der Waals surface area contributed by atoms with E-state index in [1.54, 1.807) is 12.4 Å². The summed E-state index contributed by atoms with van der Waals surface area (Å²) in [5.41, 5.74) is 8.19. The average Bonchev–Trinajstić information content (AvgIpc) is 3.78. The van der Waals surface area contributed by atoms with E-state index in [2.05, 4.69) is 114 Å². The van der Waals surface area contributed by atoms with Crippen molar-refractivity contribution in [2.45, 2.75) is 0 Å². The van der Waals surface area contributed by atoms with E-state index in [4.69, 9.17) is 4.42 Å². The van der Waals surface area contributed by atoms with E-state index in [0.717, 1.165) is 66.1 Å². The van der Waals surface area contributed by atoms with Gasteiger partial charge in [-0.1, -0.05) is 36.4 Å². The normalized spacial score (nSPS) is 11.7. The predicted octanol–water partition coefficient (Wildman–Crippen LogP) is 8.39. The van der Waals surface area contributed by atoms with Gasteiger partial charge in [-0.25, -0.2) is 0 Å². The van der Waals surface area contributed by atoms with Gasteiger partial charge in [0.25, 0.3) is 0 Å². The lowest BCUT2D eigenvalue weighted by Gasteiger charge is -2.07. The second kappa shape index (κ2) is 9.22. The molecule has 0 saturated carbocycles. The summed E-state index contributed by atoms with van der Waals surface area (Å²) in [4.78, 5) is 8.69. The van der Waals surface area contributed by atoms with Gasteiger partial charge in [-0.2, -0.15) is 0 Å². The molecular formula is C36H22N6O. The summed E-state index contributed by atoms with van der Waals surface area (Å²) in [6.45, 7) is 0. The molecule has 202 valence electrons. The van der Waals surface area contributed by atoms with Crippen LogP contribution in [0.1, 0.15) is 0 Å². The molecule has 0 atom stereocenters. The summed E-state index contributed by atoms with van der Waals surface area (Å²) in [5.74, 6) is 0.959. The van der Waals surface area contributed by atoms with Crippen LogP contribution in [0.15, 0.2) is 138 Å². The summed E-state index contributed by atoms with van der Waals surface area (Å²) < 4.78 is 10.8. The fraction of sp³-hybridized carbons (Fsp3) is 0. The SMILES string of the molecule is c1cncc(-n2c3ccccc3c3cc(-c4nnc(-c5ccc6c(c5)c5ccccc5n6-c5cccnc5)o4)ccc32)c1. The summed E-state index contributed by atoms with van der Waals surface area (Å²) in [6.07, 6.45) is 7.35. The van der Waals surface area contributed by atoms with Gasteiger partial charge in [-0.15, -0.1) is 10.2 Å². The van der Waals surface area contributed by atoms with Crippen LogP contribution in [0.2, 0.25) is 0 Å². The Morgan fingerprint density at radius 3 is 1.37 bits per heavy atom. The van der Waals surface area contributed by atoms with Crippen LogP contribution in [-0.2, 0) is 0 Å². The van der Waals surface area contributed by atoms with Crippen molar-refractivity contribution in [2.75, 3.05) is 0 Å². The minimum absolute atomic E-state index is 0.480. The molecule has 5 aromatic heterocycles. The van der Waals surface area contributed by atoms with Crippen molar-refractivity contribution in [3.05, 3.63) is 134 Å². The third-order valence-corrected chi connectivity index (χ3v) is 8.07. The van der Waals surface area contributed by atoms with Crippen molar-refractivity contribution in [1.82, 2.24) is 29.3 Å². The molecule has 9 aromatic rings. The molecule has 0 amide bonds. The van der Waals surface area contributed by atoms with Crippen LogP contribution in [-0.4, -0.2) is 29.3 Å². The number of nitrogens with zero attached hydrogens (tertiary/aromatic N) is 6. The van der Waals surface area contributed by atoms with Crippen molar-refractivity contribution >= 4 is 43.6 Å². The molecule has 43 heavy (non-hydrogen) atoms. The molecule has 0 aliphatic heterocycles. The topological polar surface area (TPSA) is 74.6 Å². The van der Waals surface area contributed by atoms with E-state index < -0.39 is 0 Å². The third kappa shape index (κ3) is 3.62. The Kier molecular flexibility index (Phi) is 5.06. The van der Waals surface area contributed by atoms with Crippen LogP contribution in [0, 0.1) is 0 Å². The van der Waals surface area contributed by atoms with Gasteiger partial charge in [0.15, 0.2) is 0 Å². The van der Waals surface area contributed by atoms with E-state index in [9.17, 15) is 0 Å². The predicted molar refractivity (Wildman–Crippen MR) is 169 cm³/mol. The Hall–Kier alpha value is -6.08. The molecule has 0 aliphatic rings. The lowest BCUT2D eigenvalue weighted by atomic mass is 10.1. The number of pyridine rings is 2. The zero-order chi connectivity index (χ0) is 28.3. The Balaban J connectivity index is 1.16. The molecule has 5 heterocycles. The number of rotatable bonds is 4. The molecule has 7 heteroatoms. The van der Waals surface area contributed by atoms with Crippen molar-refractivity contribution < 1.29 is 4.42 Å². The van der Waals surface area contributed by atoms with Crippen molar-refractivity contribution in [2.24, 2.45) is 0 Å². The quantitative estimate of drug-likeness (QED) is 0.218. The largest absolute Gasteiger partial charge is 0.416 e. The number of fused-ring (bicyclic) bond motifs is 6. The highest BCUT2D eigenvalue weighted by Crippen LogP contribution is 2.37. The van der Waals surface area contributed by atoms with E-state index >= 15 is 0 Å². The Bertz CT molecular complexity index is 2280. The number of para-hydroxylation sites is 2. The Morgan fingerprint density at radius 1 is 0.442 bits per heavy atom. The maximum atomic E-state index is 6.30. The molecule has 0 bridgehead atoms. The van der Waals surface area contributed by atoms with Gasteiger partial charge in [-0.05, 0) is 72.8 Å². The maximum Gasteiger partial charge on any atom is 0.248 e. The molecule has 0 unspecified atom stereocenters. The molecule has 0 N–H and O–H groups in total. The standard InChI is InChI=1S/C36H22N6O/c1-3-11-31-27(9-1)29-19-23(13-15-33(29)41(31)25-7-5-17-37-21-25)35-39-40-36(43-35)24-14-16-34-30(20-24)28-10-2-4-12-32(28)42(34)26-8-6-18-38-22-26/h1-22H. The average molecular weight is 555 g/mol. The van der Waals surface area contributed by atoms with Crippen LogP contribution in [0.3, 0.4) is 0 Å². The van der Waals surface area contributed by atoms with Gasteiger partial charge in [0.2, 0.25) is 11.8 Å². The number of aromatic nitrogens is 6. The van der Waals surface area contributed by atoms with Crippen molar-refractivity contribution in [3.8, 4) is 34.3 Å². The van der Waals surface area contributed by atoms with Gasteiger partial charge in [-0.3, -0.25) is 9.97 Å². The second-order valence-corrected chi connectivity index (χ2v) is 10.5. The molecule has 9 rings (SSSR count). The highest BCUT2D eigenvalue weighted by molar-refractivity contribution is 6.11. The highest BCUT2D eigenvalue weighted by atomic mass is 16.4. The molecular weight excluding hydrogens is 532 g/mol. The molecule has 0 spiro atoms. The molecule has 0 fully saturated rings. The number of hydrogen-bond acceptors (Lipinski definition) is 5. The number of benzene rings is 4. The first-order valence-corrected chi connectivity index (χ1v) is 14.0. The summed E-state index contributed by atoms with van der Waals surface area (Å²) in [6, 6.07) is 37.4. The van der Waals surface area contributed by atoms with Gasteiger partial charge in [0.05, 0.1) is 45.8 Å². The van der Waals surface area contributed by atoms with E-state index in [1.807, 2.05) is 36.7 Å². The fourth-order valence-electron chi connectivity index (χ4n) is 6.20. The zero-order valence-electron chi connectivity index (χ0n) is 22.8. The van der Waals surface area contributed by atoms with Crippen LogP contribution in [0.5, 0.6) is 0 Å². The second-order valence-electron chi connectivity index (χ2n) is 10.5. The molecule has 0 saturated heterocycles. The number of hydrogen-bond donors (Lipinski definition) is 0. The van der Waals surface area contributed by atoms with Crippen LogP contribution in [0.25, 0.3) is 77.9 Å². The Morgan fingerprint density at radius 2 is 0.907 bits per heavy atom. The minimum Gasteiger partial charge on any atom is -0.416 e. The van der Waals surface area contributed by atoms with Crippen molar-refractivity contribution in [3.63, 3.8) is 0 Å². The summed E-state index contributed by atoms with van der Waals surface area (Å²) >= 11 is 0. The van der Waals surface area contributed by atoms with E-state index in [0.29, 0.717) is 11.8 Å². The lowest BCUT2D eigenvalue weighted by molar-refractivity contribution is 0.585. The maximum absolute atomic E-state index is 6.30. The Labute approximate surface area is 245 Å². The zero-order valence-corrected chi connectivity index (χ0v) is 22.8. The van der Waals surface area contributed by atoms with Gasteiger partial charge < -0.3 is 13.6 Å². The highest BCUT2D eigenvalue weighted by Gasteiger charge is 2.18. The first-order valence-electron chi connectivity index (χ1n) is 14.0. The summed E-state index contributed by atoms with van der Waals surface area (Å²) in [5, 5.41) is 13.5. The van der Waals surface area contributed by atoms with Gasteiger partial charge in [0, 0.05) is 45.1 Å². The third-order valence-electron chi connectivity index (χ3n) is 8.07. The van der Waals surface area contributed by atoms with Gasteiger partial charge >= 0.3 is 0 Å². The molecule has 0 radical (unpaired) electrons. The lowest BCUT2D eigenvalue weighted by Crippen LogP contribution is -1.93. The van der Waals surface area contributed by atoms with Crippen molar-refractivity contribution in [1.29, 1.82) is 0 Å². The monoisotopic (exact) mass is 554 g/mol. The van der Waals surface area contributed by atoms with Crippen LogP contribution >= 0.6 is 0 Å².